The van der Waals surface area contributed by atoms with Crippen molar-refractivity contribution in [3.05, 3.63) is 45.2 Å². The SMILES string of the molecule is Cc1cccc(NC(=O)[C@@H]2CCCN2S(=O)(=O)c2ccc(Br)s2)c1C. The van der Waals surface area contributed by atoms with Gasteiger partial charge in [-0.25, -0.2) is 8.42 Å². The van der Waals surface area contributed by atoms with Crippen LogP contribution in [-0.4, -0.2) is 31.2 Å². The van der Waals surface area contributed by atoms with Crippen LogP contribution in [0.3, 0.4) is 0 Å². The van der Waals surface area contributed by atoms with E-state index in [9.17, 15) is 13.2 Å². The van der Waals surface area contributed by atoms with Crippen molar-refractivity contribution in [3.63, 3.8) is 0 Å². The van der Waals surface area contributed by atoms with Crippen LogP contribution in [0, 0.1) is 13.8 Å². The highest BCUT2D eigenvalue weighted by molar-refractivity contribution is 9.11. The molecule has 5 nitrogen and oxygen atoms in total. The summed E-state index contributed by atoms with van der Waals surface area (Å²) in [4.78, 5) is 12.7. The Morgan fingerprint density at radius 2 is 2.04 bits per heavy atom. The molecule has 0 bridgehead atoms. The summed E-state index contributed by atoms with van der Waals surface area (Å²) in [6, 6.07) is 8.30. The van der Waals surface area contributed by atoms with Crippen LogP contribution >= 0.6 is 27.3 Å². The van der Waals surface area contributed by atoms with Gasteiger partial charge in [-0.15, -0.1) is 11.3 Å². The number of thiophene rings is 1. The third kappa shape index (κ3) is 3.67. The standard InChI is InChI=1S/C17H19BrN2O3S2/c1-11-5-3-6-13(12(11)2)19-17(21)14-7-4-10-20(14)25(22,23)16-9-8-15(18)24-16/h3,5-6,8-9,14H,4,7,10H2,1-2H3,(H,19,21)/t14-/m0/s1. The molecule has 0 saturated carbocycles. The second-order valence-corrected chi connectivity index (χ2v) is 10.6. The van der Waals surface area contributed by atoms with Crippen molar-refractivity contribution < 1.29 is 13.2 Å². The molecule has 134 valence electrons. The van der Waals surface area contributed by atoms with E-state index in [1.807, 2.05) is 32.0 Å². The Balaban J connectivity index is 1.84. The van der Waals surface area contributed by atoms with Crippen LogP contribution < -0.4 is 5.32 Å². The van der Waals surface area contributed by atoms with Crippen molar-refractivity contribution in [3.8, 4) is 0 Å². The molecular formula is C17H19BrN2O3S2. The number of nitrogens with zero attached hydrogens (tertiary/aromatic N) is 1. The number of benzene rings is 1. The summed E-state index contributed by atoms with van der Waals surface area (Å²) in [7, 11) is -3.66. The van der Waals surface area contributed by atoms with Crippen molar-refractivity contribution in [1.29, 1.82) is 0 Å². The van der Waals surface area contributed by atoms with Gasteiger partial charge in [-0.3, -0.25) is 4.79 Å². The summed E-state index contributed by atoms with van der Waals surface area (Å²) >= 11 is 4.45. The topological polar surface area (TPSA) is 66.5 Å². The smallest absolute Gasteiger partial charge is 0.253 e. The minimum atomic E-state index is -3.66. The zero-order valence-corrected chi connectivity index (χ0v) is 17.2. The van der Waals surface area contributed by atoms with Gasteiger partial charge >= 0.3 is 0 Å². The molecule has 3 rings (SSSR count). The Kier molecular flexibility index (Phi) is 5.34. The van der Waals surface area contributed by atoms with Gasteiger partial charge in [0.15, 0.2) is 0 Å². The molecule has 25 heavy (non-hydrogen) atoms. The third-order valence-electron chi connectivity index (χ3n) is 4.48. The van der Waals surface area contributed by atoms with Crippen molar-refractivity contribution in [2.75, 3.05) is 11.9 Å². The van der Waals surface area contributed by atoms with Crippen LogP contribution in [-0.2, 0) is 14.8 Å². The third-order valence-corrected chi connectivity index (χ3v) is 8.48. The first-order valence-electron chi connectivity index (χ1n) is 7.95. The van der Waals surface area contributed by atoms with Crippen LogP contribution in [0.2, 0.25) is 0 Å². The van der Waals surface area contributed by atoms with E-state index in [-0.39, 0.29) is 10.1 Å². The average Bonchev–Trinajstić information content (AvgIpc) is 3.21. The summed E-state index contributed by atoms with van der Waals surface area (Å²) in [5, 5.41) is 2.90. The van der Waals surface area contributed by atoms with E-state index in [1.54, 1.807) is 12.1 Å². The summed E-state index contributed by atoms with van der Waals surface area (Å²) in [5.41, 5.74) is 2.80. The molecule has 1 aromatic carbocycles. The van der Waals surface area contributed by atoms with Crippen molar-refractivity contribution in [2.45, 2.75) is 36.9 Å². The predicted molar refractivity (Wildman–Crippen MR) is 103 cm³/mol. The Labute approximate surface area is 160 Å². The second-order valence-electron chi connectivity index (χ2n) is 6.07. The first-order chi connectivity index (χ1) is 11.8. The number of hydrogen-bond donors (Lipinski definition) is 1. The van der Waals surface area contributed by atoms with E-state index in [2.05, 4.69) is 21.2 Å². The summed E-state index contributed by atoms with van der Waals surface area (Å²) < 4.78 is 28.1. The second kappa shape index (κ2) is 7.19. The number of rotatable bonds is 4. The molecule has 0 aliphatic carbocycles. The molecule has 8 heteroatoms. The monoisotopic (exact) mass is 442 g/mol. The number of halogens is 1. The number of amides is 1. The Morgan fingerprint density at radius 3 is 2.72 bits per heavy atom. The van der Waals surface area contributed by atoms with E-state index in [0.717, 1.165) is 31.9 Å². The molecular weight excluding hydrogens is 424 g/mol. The molecule has 2 aromatic rings. The first-order valence-corrected chi connectivity index (χ1v) is 11.0. The summed E-state index contributed by atoms with van der Waals surface area (Å²) in [5.74, 6) is -0.273. The Morgan fingerprint density at radius 1 is 1.28 bits per heavy atom. The number of nitrogens with one attached hydrogen (secondary N) is 1. The minimum absolute atomic E-state index is 0.255. The lowest BCUT2D eigenvalue weighted by molar-refractivity contribution is -0.119. The van der Waals surface area contributed by atoms with Crippen molar-refractivity contribution >= 4 is 48.9 Å². The van der Waals surface area contributed by atoms with E-state index >= 15 is 0 Å². The quantitative estimate of drug-likeness (QED) is 0.779. The van der Waals surface area contributed by atoms with Crippen LogP contribution in [0.25, 0.3) is 0 Å². The molecule has 1 atom stereocenters. The largest absolute Gasteiger partial charge is 0.324 e. The number of carbonyl (C=O) groups is 1. The van der Waals surface area contributed by atoms with Gasteiger partial charge < -0.3 is 5.32 Å². The first kappa shape index (κ1) is 18.6. The molecule has 1 fully saturated rings. The Hall–Kier alpha value is -1.22. The number of carbonyl (C=O) groups excluding carboxylic acids is 1. The molecule has 1 saturated heterocycles. The predicted octanol–water partition coefficient (Wildman–Crippen LogP) is 3.92. The molecule has 1 aliphatic heterocycles. The molecule has 0 unspecified atom stereocenters. The minimum Gasteiger partial charge on any atom is -0.324 e. The number of sulfonamides is 1. The van der Waals surface area contributed by atoms with E-state index in [1.165, 1.54) is 4.31 Å². The summed E-state index contributed by atoms with van der Waals surface area (Å²) in [6.07, 6.45) is 1.21. The van der Waals surface area contributed by atoms with Gasteiger partial charge in [-0.05, 0) is 71.9 Å². The van der Waals surface area contributed by atoms with Gasteiger partial charge in [-0.2, -0.15) is 4.31 Å². The molecule has 1 aromatic heterocycles. The van der Waals surface area contributed by atoms with Gasteiger partial charge in [0.1, 0.15) is 10.3 Å². The summed E-state index contributed by atoms with van der Waals surface area (Å²) in [6.45, 7) is 4.28. The highest BCUT2D eigenvalue weighted by Gasteiger charge is 2.40. The van der Waals surface area contributed by atoms with Gasteiger partial charge in [0, 0.05) is 12.2 Å². The van der Waals surface area contributed by atoms with Gasteiger partial charge in [0.05, 0.1) is 3.79 Å². The Bertz CT molecular complexity index is 908. The van der Waals surface area contributed by atoms with Crippen LogP contribution in [0.15, 0.2) is 38.3 Å². The van der Waals surface area contributed by atoms with Crippen LogP contribution in [0.4, 0.5) is 5.69 Å². The van der Waals surface area contributed by atoms with Crippen molar-refractivity contribution in [1.82, 2.24) is 4.31 Å². The fourth-order valence-electron chi connectivity index (χ4n) is 2.94. The molecule has 2 heterocycles. The van der Waals surface area contributed by atoms with Crippen LogP contribution in [0.1, 0.15) is 24.0 Å². The maximum Gasteiger partial charge on any atom is 0.253 e. The lowest BCUT2D eigenvalue weighted by Gasteiger charge is -2.23. The van der Waals surface area contributed by atoms with Crippen molar-refractivity contribution in [2.24, 2.45) is 0 Å². The lowest BCUT2D eigenvalue weighted by Crippen LogP contribution is -2.42. The normalized spacial score (nSPS) is 18.4. The molecule has 1 N–H and O–H groups in total. The maximum absolute atomic E-state index is 12.9. The van der Waals surface area contributed by atoms with E-state index in [0.29, 0.717) is 19.4 Å². The van der Waals surface area contributed by atoms with E-state index < -0.39 is 16.1 Å². The molecule has 1 aliphatic rings. The zero-order chi connectivity index (χ0) is 18.2. The number of hydrogen-bond acceptors (Lipinski definition) is 4. The van der Waals surface area contributed by atoms with E-state index in [4.69, 9.17) is 0 Å². The maximum atomic E-state index is 12.9. The average molecular weight is 443 g/mol. The lowest BCUT2D eigenvalue weighted by atomic mass is 10.1. The van der Waals surface area contributed by atoms with Gasteiger partial charge in [0.2, 0.25) is 5.91 Å². The highest BCUT2D eigenvalue weighted by atomic mass is 79.9. The van der Waals surface area contributed by atoms with Crippen LogP contribution in [0.5, 0.6) is 0 Å². The van der Waals surface area contributed by atoms with Gasteiger partial charge in [-0.1, -0.05) is 12.1 Å². The fraction of sp³-hybridized carbons (Fsp3) is 0.353. The number of anilines is 1. The molecule has 0 spiro atoms. The fourth-order valence-corrected chi connectivity index (χ4v) is 6.74. The highest BCUT2D eigenvalue weighted by Crippen LogP contribution is 2.33. The number of aryl methyl sites for hydroxylation is 1. The molecule has 1 amide bonds. The zero-order valence-electron chi connectivity index (χ0n) is 14.0. The van der Waals surface area contributed by atoms with Gasteiger partial charge in [0.25, 0.3) is 10.0 Å². The molecule has 0 radical (unpaired) electrons.